The topological polar surface area (TPSA) is 29.9 Å². The van der Waals surface area contributed by atoms with Crippen molar-refractivity contribution in [2.45, 2.75) is 32.4 Å². The molecule has 0 spiro atoms. The van der Waals surface area contributed by atoms with Crippen LogP contribution < -0.4 is 5.32 Å². The zero-order valence-corrected chi connectivity index (χ0v) is 12.0. The lowest BCUT2D eigenvalue weighted by molar-refractivity contribution is -0.144. The Morgan fingerprint density at radius 1 is 1.04 bits per heavy atom. The third-order valence-electron chi connectivity index (χ3n) is 3.08. The van der Waals surface area contributed by atoms with Crippen LogP contribution in [0.3, 0.4) is 0 Å². The number of alkyl halides is 6. The summed E-state index contributed by atoms with van der Waals surface area (Å²) >= 11 is 0. The number of anilines is 1. The minimum Gasteiger partial charge on any atom is -0.379 e. The van der Waals surface area contributed by atoms with Crippen LogP contribution in [0.1, 0.15) is 23.9 Å². The molecule has 0 saturated carbocycles. The van der Waals surface area contributed by atoms with Gasteiger partial charge in [-0.1, -0.05) is 6.07 Å². The van der Waals surface area contributed by atoms with Crippen LogP contribution in [-0.4, -0.2) is 9.78 Å². The largest absolute Gasteiger partial charge is 0.433 e. The van der Waals surface area contributed by atoms with E-state index >= 15 is 0 Å². The number of hydrogen-bond donors (Lipinski definition) is 1. The van der Waals surface area contributed by atoms with Gasteiger partial charge in [0.25, 0.3) is 0 Å². The number of aryl methyl sites for hydroxylation is 1. The summed E-state index contributed by atoms with van der Waals surface area (Å²) in [6.07, 6.45) is -9.01. The first kappa shape index (κ1) is 17.2. The Morgan fingerprint density at radius 3 is 2.26 bits per heavy atom. The molecule has 0 aliphatic rings. The van der Waals surface area contributed by atoms with Gasteiger partial charge in [-0.2, -0.15) is 31.4 Å². The van der Waals surface area contributed by atoms with Gasteiger partial charge in [0.05, 0.1) is 17.8 Å². The molecule has 2 aromatic rings. The van der Waals surface area contributed by atoms with Gasteiger partial charge >= 0.3 is 12.4 Å². The standard InChI is InChI=1S/C14H13F6N3/c1-2-23-12(14(18,19)20)7-11(22-23)8-21-10-5-3-4-9(6-10)13(15,16)17/h3-7,21H,2,8H2,1H3. The molecule has 23 heavy (non-hydrogen) atoms. The first-order valence-corrected chi connectivity index (χ1v) is 6.66. The average Bonchev–Trinajstić information content (AvgIpc) is 2.88. The Balaban J connectivity index is 2.14. The number of aromatic nitrogens is 2. The zero-order valence-electron chi connectivity index (χ0n) is 12.0. The van der Waals surface area contributed by atoms with Gasteiger partial charge in [0.2, 0.25) is 0 Å². The van der Waals surface area contributed by atoms with Gasteiger partial charge in [-0.05, 0) is 31.2 Å². The van der Waals surface area contributed by atoms with Crippen LogP contribution in [0, 0.1) is 0 Å². The molecule has 1 aromatic heterocycles. The number of halogens is 6. The molecule has 1 aromatic carbocycles. The van der Waals surface area contributed by atoms with E-state index in [1.54, 1.807) is 0 Å². The summed E-state index contributed by atoms with van der Waals surface area (Å²) < 4.78 is 77.0. The Labute approximate surface area is 127 Å². The maximum absolute atomic E-state index is 12.8. The SMILES string of the molecule is CCn1nc(CNc2cccc(C(F)(F)F)c2)cc1C(F)(F)F. The quantitative estimate of drug-likeness (QED) is 0.830. The van der Waals surface area contributed by atoms with E-state index in [1.807, 2.05) is 0 Å². The monoisotopic (exact) mass is 337 g/mol. The van der Waals surface area contributed by atoms with Crippen LogP contribution in [-0.2, 0) is 25.4 Å². The van der Waals surface area contributed by atoms with E-state index in [9.17, 15) is 26.3 Å². The van der Waals surface area contributed by atoms with Crippen molar-refractivity contribution >= 4 is 5.69 Å². The lowest BCUT2D eigenvalue weighted by Crippen LogP contribution is -2.13. The van der Waals surface area contributed by atoms with E-state index in [0.717, 1.165) is 22.9 Å². The third kappa shape index (κ3) is 4.17. The molecule has 0 unspecified atom stereocenters. The van der Waals surface area contributed by atoms with E-state index < -0.39 is 23.6 Å². The van der Waals surface area contributed by atoms with E-state index in [2.05, 4.69) is 10.4 Å². The number of nitrogens with one attached hydrogen (secondary N) is 1. The highest BCUT2D eigenvalue weighted by atomic mass is 19.4. The van der Waals surface area contributed by atoms with Gasteiger partial charge in [0, 0.05) is 12.2 Å². The lowest BCUT2D eigenvalue weighted by Gasteiger charge is -2.09. The lowest BCUT2D eigenvalue weighted by atomic mass is 10.2. The molecule has 9 heteroatoms. The predicted octanol–water partition coefficient (Wildman–Crippen LogP) is 4.55. The molecule has 2 rings (SSSR count). The summed E-state index contributed by atoms with van der Waals surface area (Å²) in [4.78, 5) is 0. The number of hydrogen-bond acceptors (Lipinski definition) is 2. The van der Waals surface area contributed by atoms with Crippen LogP contribution in [0.5, 0.6) is 0 Å². The molecule has 0 bridgehead atoms. The van der Waals surface area contributed by atoms with Crippen LogP contribution in [0.15, 0.2) is 30.3 Å². The van der Waals surface area contributed by atoms with Crippen LogP contribution in [0.4, 0.5) is 32.0 Å². The van der Waals surface area contributed by atoms with Crippen molar-refractivity contribution in [3.05, 3.63) is 47.3 Å². The second-order valence-electron chi connectivity index (χ2n) is 4.77. The first-order valence-electron chi connectivity index (χ1n) is 6.66. The molecule has 3 nitrogen and oxygen atoms in total. The summed E-state index contributed by atoms with van der Waals surface area (Å²) in [5, 5.41) is 6.44. The fraction of sp³-hybridized carbons (Fsp3) is 0.357. The minimum atomic E-state index is -4.53. The molecular weight excluding hydrogens is 324 g/mol. The van der Waals surface area contributed by atoms with Crippen LogP contribution in [0.2, 0.25) is 0 Å². The summed E-state index contributed by atoms with van der Waals surface area (Å²) in [7, 11) is 0. The second-order valence-corrected chi connectivity index (χ2v) is 4.77. The van der Waals surface area contributed by atoms with Gasteiger partial charge in [-0.3, -0.25) is 4.68 Å². The predicted molar refractivity (Wildman–Crippen MR) is 71.7 cm³/mol. The number of benzene rings is 1. The third-order valence-corrected chi connectivity index (χ3v) is 3.08. The molecule has 0 saturated heterocycles. The summed E-state index contributed by atoms with van der Waals surface area (Å²) in [5.74, 6) is 0. The highest BCUT2D eigenvalue weighted by molar-refractivity contribution is 5.46. The minimum absolute atomic E-state index is 0.0401. The van der Waals surface area contributed by atoms with Crippen molar-refractivity contribution < 1.29 is 26.3 Å². The second kappa shape index (κ2) is 6.13. The maximum Gasteiger partial charge on any atom is 0.433 e. The van der Waals surface area contributed by atoms with Crippen molar-refractivity contribution in [3.8, 4) is 0 Å². The van der Waals surface area contributed by atoms with E-state index in [4.69, 9.17) is 0 Å². The summed E-state index contributed by atoms with van der Waals surface area (Å²) in [5.41, 5.74) is -1.48. The van der Waals surface area contributed by atoms with Crippen LogP contribution in [0.25, 0.3) is 0 Å². The Hall–Kier alpha value is -2.19. The summed E-state index contributed by atoms with van der Waals surface area (Å²) in [6, 6.07) is 5.30. The molecule has 0 amide bonds. The molecule has 0 radical (unpaired) electrons. The van der Waals surface area contributed by atoms with Gasteiger partial charge in [-0.15, -0.1) is 0 Å². The van der Waals surface area contributed by atoms with Gasteiger partial charge < -0.3 is 5.32 Å². The molecule has 0 fully saturated rings. The molecular formula is C14H13F6N3. The fourth-order valence-corrected chi connectivity index (χ4v) is 2.02. The number of rotatable bonds is 4. The summed E-state index contributed by atoms with van der Waals surface area (Å²) in [6.45, 7) is 1.45. The maximum atomic E-state index is 12.8. The Kier molecular flexibility index (Phi) is 4.58. The van der Waals surface area contributed by atoms with Gasteiger partial charge in [0.1, 0.15) is 5.69 Å². The first-order chi connectivity index (χ1) is 10.6. The normalized spacial score (nSPS) is 12.5. The molecule has 126 valence electrons. The van der Waals surface area contributed by atoms with E-state index in [1.165, 1.54) is 19.1 Å². The molecule has 0 aliphatic heterocycles. The van der Waals surface area contributed by atoms with Crippen molar-refractivity contribution in [3.63, 3.8) is 0 Å². The van der Waals surface area contributed by atoms with Crippen molar-refractivity contribution in [1.29, 1.82) is 0 Å². The van der Waals surface area contributed by atoms with Crippen molar-refractivity contribution in [2.75, 3.05) is 5.32 Å². The highest BCUT2D eigenvalue weighted by Crippen LogP contribution is 2.31. The zero-order chi connectivity index (χ0) is 17.3. The Bertz CT molecular complexity index is 672. The smallest absolute Gasteiger partial charge is 0.379 e. The Morgan fingerprint density at radius 2 is 1.74 bits per heavy atom. The molecule has 0 aliphatic carbocycles. The van der Waals surface area contributed by atoms with Gasteiger partial charge in [0.15, 0.2) is 0 Å². The molecule has 0 atom stereocenters. The number of nitrogens with zero attached hydrogens (tertiary/aromatic N) is 2. The van der Waals surface area contributed by atoms with Crippen molar-refractivity contribution in [1.82, 2.24) is 9.78 Å². The molecule has 1 N–H and O–H groups in total. The highest BCUT2D eigenvalue weighted by Gasteiger charge is 2.35. The average molecular weight is 337 g/mol. The fourth-order valence-electron chi connectivity index (χ4n) is 2.02. The molecule has 1 heterocycles. The van der Waals surface area contributed by atoms with E-state index in [-0.39, 0.29) is 24.5 Å². The van der Waals surface area contributed by atoms with E-state index in [0.29, 0.717) is 0 Å². The van der Waals surface area contributed by atoms with Crippen molar-refractivity contribution in [2.24, 2.45) is 0 Å². The van der Waals surface area contributed by atoms with Gasteiger partial charge in [-0.25, -0.2) is 0 Å². The van der Waals surface area contributed by atoms with Crippen LogP contribution >= 0.6 is 0 Å².